The van der Waals surface area contributed by atoms with Crippen molar-refractivity contribution < 1.29 is 9.47 Å². The Balaban J connectivity index is 1.77. The maximum atomic E-state index is 10.1. The topological polar surface area (TPSA) is 95.4 Å². The zero-order chi connectivity index (χ0) is 22.2. The SMILES string of the molecule is COc1ccc(C2=Cc3c(C#N)c(-c4ccc(OC)cc4)cc4cc(=N)nc(n34)N2)cc1. The summed E-state index contributed by atoms with van der Waals surface area (Å²) in [6.45, 7) is 0. The highest BCUT2D eigenvalue weighted by Gasteiger charge is 2.21. The average Bonchev–Trinajstić information content (AvgIpc) is 2.83. The molecular weight excluding hydrogens is 402 g/mol. The molecule has 7 heteroatoms. The van der Waals surface area contributed by atoms with Crippen LogP contribution in [0.5, 0.6) is 11.5 Å². The van der Waals surface area contributed by atoms with Crippen molar-refractivity contribution in [2.75, 3.05) is 19.5 Å². The van der Waals surface area contributed by atoms with Crippen molar-refractivity contribution >= 4 is 23.2 Å². The van der Waals surface area contributed by atoms with Crippen LogP contribution < -0.4 is 20.3 Å². The number of hydrogen-bond acceptors (Lipinski definition) is 6. The van der Waals surface area contributed by atoms with E-state index in [-0.39, 0.29) is 5.49 Å². The van der Waals surface area contributed by atoms with Crippen molar-refractivity contribution in [2.45, 2.75) is 0 Å². The number of aromatic nitrogens is 2. The first-order valence-corrected chi connectivity index (χ1v) is 9.94. The molecule has 1 aliphatic rings. The summed E-state index contributed by atoms with van der Waals surface area (Å²) >= 11 is 0. The quantitative estimate of drug-likeness (QED) is 0.512. The second-order valence-electron chi connectivity index (χ2n) is 7.30. The van der Waals surface area contributed by atoms with E-state index in [1.54, 1.807) is 20.3 Å². The van der Waals surface area contributed by atoms with Crippen molar-refractivity contribution in [3.8, 4) is 28.7 Å². The van der Waals surface area contributed by atoms with Crippen molar-refractivity contribution in [3.05, 3.63) is 83.0 Å². The van der Waals surface area contributed by atoms with E-state index in [1.165, 1.54) is 0 Å². The lowest BCUT2D eigenvalue weighted by Gasteiger charge is -2.23. The predicted molar refractivity (Wildman–Crippen MR) is 122 cm³/mol. The first kappa shape index (κ1) is 19.4. The van der Waals surface area contributed by atoms with E-state index in [1.807, 2.05) is 65.1 Å². The summed E-state index contributed by atoms with van der Waals surface area (Å²) in [5.41, 5.74) is 5.54. The maximum Gasteiger partial charge on any atom is 0.214 e. The first-order chi connectivity index (χ1) is 15.6. The Kier molecular flexibility index (Phi) is 4.61. The van der Waals surface area contributed by atoms with Crippen LogP contribution in [0.1, 0.15) is 16.8 Å². The van der Waals surface area contributed by atoms with Gasteiger partial charge < -0.3 is 14.8 Å². The van der Waals surface area contributed by atoms with Gasteiger partial charge in [0, 0.05) is 11.6 Å². The Morgan fingerprint density at radius 2 is 1.56 bits per heavy atom. The van der Waals surface area contributed by atoms with Crippen molar-refractivity contribution in [2.24, 2.45) is 0 Å². The normalized spacial score (nSPS) is 12.0. The van der Waals surface area contributed by atoms with Gasteiger partial charge in [0.15, 0.2) is 5.49 Å². The molecule has 0 fully saturated rings. The fourth-order valence-electron chi connectivity index (χ4n) is 3.91. The third-order valence-electron chi connectivity index (χ3n) is 5.48. The van der Waals surface area contributed by atoms with E-state index >= 15 is 0 Å². The monoisotopic (exact) mass is 421 g/mol. The summed E-state index contributed by atoms with van der Waals surface area (Å²) in [7, 11) is 3.25. The van der Waals surface area contributed by atoms with Crippen LogP contribution in [-0.4, -0.2) is 23.6 Å². The van der Waals surface area contributed by atoms with Gasteiger partial charge in [0.05, 0.1) is 36.7 Å². The predicted octanol–water partition coefficient (Wildman–Crippen LogP) is 4.29. The van der Waals surface area contributed by atoms with E-state index in [0.717, 1.165) is 39.4 Å². The molecule has 156 valence electrons. The van der Waals surface area contributed by atoms with Crippen molar-refractivity contribution in [1.29, 1.82) is 10.7 Å². The number of nitrogens with zero attached hydrogens (tertiary/aromatic N) is 3. The molecule has 1 aliphatic heterocycles. The molecule has 0 saturated carbocycles. The third kappa shape index (κ3) is 3.15. The summed E-state index contributed by atoms with van der Waals surface area (Å²) in [6, 6.07) is 21.2. The molecule has 4 aromatic rings. The van der Waals surface area contributed by atoms with E-state index < -0.39 is 0 Å². The molecule has 0 saturated heterocycles. The molecule has 7 nitrogen and oxygen atoms in total. The lowest BCUT2D eigenvalue weighted by Crippen LogP contribution is -2.20. The Labute approximate surface area is 184 Å². The number of rotatable bonds is 4. The van der Waals surface area contributed by atoms with Gasteiger partial charge in [-0.25, -0.2) is 0 Å². The average molecular weight is 421 g/mol. The number of ether oxygens (including phenoxy) is 2. The molecule has 0 unspecified atom stereocenters. The summed E-state index contributed by atoms with van der Waals surface area (Å²) in [5, 5.41) is 21.6. The van der Waals surface area contributed by atoms with E-state index in [4.69, 9.17) is 14.9 Å². The zero-order valence-electron chi connectivity index (χ0n) is 17.5. The van der Waals surface area contributed by atoms with E-state index in [0.29, 0.717) is 17.2 Å². The number of nitriles is 1. The van der Waals surface area contributed by atoms with Gasteiger partial charge in [-0.1, -0.05) is 12.1 Å². The molecule has 2 N–H and O–H groups in total. The standard InChI is InChI=1S/C25H19N5O2/c1-31-18-7-3-15(4-8-18)20-11-17-12-24(27)29-25-28-22(13-23(30(17)25)21(20)14-26)16-5-9-19(32-2)10-6-16/h3-13H,1-2H3,(H2,27,28,29). The van der Waals surface area contributed by atoms with Gasteiger partial charge in [-0.15, -0.1) is 0 Å². The Morgan fingerprint density at radius 3 is 2.16 bits per heavy atom. The van der Waals surface area contributed by atoms with Gasteiger partial charge in [0.1, 0.15) is 17.6 Å². The van der Waals surface area contributed by atoms with Crippen molar-refractivity contribution in [3.63, 3.8) is 0 Å². The van der Waals surface area contributed by atoms with Crippen LogP contribution in [-0.2, 0) is 0 Å². The number of hydrogen-bond donors (Lipinski definition) is 2. The van der Waals surface area contributed by atoms with E-state index in [2.05, 4.69) is 16.4 Å². The second-order valence-corrected chi connectivity index (χ2v) is 7.30. The van der Waals surface area contributed by atoms with Gasteiger partial charge in [-0.3, -0.25) is 9.81 Å². The summed E-state index contributed by atoms with van der Waals surface area (Å²) in [5.74, 6) is 2.00. The van der Waals surface area contributed by atoms with Crippen LogP contribution in [0.25, 0.3) is 28.4 Å². The zero-order valence-corrected chi connectivity index (χ0v) is 17.5. The van der Waals surface area contributed by atoms with Gasteiger partial charge >= 0.3 is 0 Å². The van der Waals surface area contributed by atoms with Crippen LogP contribution in [0.15, 0.2) is 60.7 Å². The highest BCUT2D eigenvalue weighted by Crippen LogP contribution is 2.35. The van der Waals surface area contributed by atoms with Crippen LogP contribution in [0.3, 0.4) is 0 Å². The maximum absolute atomic E-state index is 10.1. The fourth-order valence-corrected chi connectivity index (χ4v) is 3.91. The molecule has 0 spiro atoms. The van der Waals surface area contributed by atoms with Crippen LogP contribution in [0.4, 0.5) is 5.95 Å². The molecule has 0 radical (unpaired) electrons. The fraction of sp³-hybridized carbons (Fsp3) is 0.0800. The molecule has 5 rings (SSSR count). The minimum absolute atomic E-state index is 0.139. The van der Waals surface area contributed by atoms with Crippen molar-refractivity contribution in [1.82, 2.24) is 9.38 Å². The lowest BCUT2D eigenvalue weighted by molar-refractivity contribution is 0.414. The molecule has 0 amide bonds. The lowest BCUT2D eigenvalue weighted by atomic mass is 9.97. The number of nitrogens with one attached hydrogen (secondary N) is 2. The smallest absolute Gasteiger partial charge is 0.214 e. The summed E-state index contributed by atoms with van der Waals surface area (Å²) in [4.78, 5) is 4.37. The third-order valence-corrected chi connectivity index (χ3v) is 5.48. The largest absolute Gasteiger partial charge is 0.497 e. The van der Waals surface area contributed by atoms with Crippen LogP contribution in [0, 0.1) is 16.7 Å². The summed E-state index contributed by atoms with van der Waals surface area (Å²) in [6.07, 6.45) is 1.94. The van der Waals surface area contributed by atoms with Gasteiger partial charge in [0.2, 0.25) is 5.95 Å². The highest BCUT2D eigenvalue weighted by molar-refractivity contribution is 5.93. The molecule has 0 atom stereocenters. The van der Waals surface area contributed by atoms with Gasteiger partial charge in [-0.05, 0) is 59.7 Å². The highest BCUT2D eigenvalue weighted by atomic mass is 16.5. The van der Waals surface area contributed by atoms with Crippen LogP contribution >= 0.6 is 0 Å². The summed E-state index contributed by atoms with van der Waals surface area (Å²) < 4.78 is 12.4. The molecule has 2 aromatic carbocycles. The minimum Gasteiger partial charge on any atom is -0.497 e. The number of benzene rings is 2. The van der Waals surface area contributed by atoms with Gasteiger partial charge in [-0.2, -0.15) is 10.2 Å². The molecule has 0 aliphatic carbocycles. The molecule has 2 aromatic heterocycles. The Bertz CT molecular complexity index is 1480. The van der Waals surface area contributed by atoms with E-state index in [9.17, 15) is 5.26 Å². The Morgan fingerprint density at radius 1 is 0.938 bits per heavy atom. The Hall–Kier alpha value is -4.57. The molecule has 3 heterocycles. The number of methoxy groups -OCH3 is 2. The number of anilines is 1. The first-order valence-electron chi connectivity index (χ1n) is 9.94. The second kappa shape index (κ2) is 7.60. The minimum atomic E-state index is 0.139. The molecule has 32 heavy (non-hydrogen) atoms. The molecule has 0 bridgehead atoms. The molecular formula is C25H19N5O2. The van der Waals surface area contributed by atoms with Gasteiger partial charge in [0.25, 0.3) is 0 Å². The van der Waals surface area contributed by atoms with Crippen LogP contribution in [0.2, 0.25) is 0 Å². The number of pyridine rings is 1.